The first-order valence-electron chi connectivity index (χ1n) is 11.9. The van der Waals surface area contributed by atoms with Crippen molar-refractivity contribution in [3.8, 4) is 11.1 Å². The first-order chi connectivity index (χ1) is 15.2. The van der Waals surface area contributed by atoms with Gasteiger partial charge in [0.15, 0.2) is 5.78 Å². The molecule has 4 aliphatic heterocycles. The van der Waals surface area contributed by atoms with E-state index in [9.17, 15) is 4.79 Å². The Kier molecular flexibility index (Phi) is 4.36. The number of quaternary nitrogens is 1. The quantitative estimate of drug-likeness (QED) is 0.472. The van der Waals surface area contributed by atoms with Gasteiger partial charge < -0.3 is 13.8 Å². The van der Waals surface area contributed by atoms with Crippen molar-refractivity contribution in [3.63, 3.8) is 0 Å². The van der Waals surface area contributed by atoms with Gasteiger partial charge >= 0.3 is 7.12 Å². The predicted molar refractivity (Wildman–Crippen MR) is 126 cm³/mol. The topological polar surface area (TPSA) is 38.8 Å². The molecule has 2 aromatic rings. The molecule has 7 rings (SSSR count). The van der Waals surface area contributed by atoms with Crippen molar-refractivity contribution in [2.45, 2.75) is 45.4 Å². The lowest BCUT2D eigenvalue weighted by Gasteiger charge is -2.50. The molecule has 0 atom stereocenters. The summed E-state index contributed by atoms with van der Waals surface area (Å²) < 4.78 is 13.7. The summed E-state index contributed by atoms with van der Waals surface area (Å²) in [6, 6.07) is 12.6. The van der Waals surface area contributed by atoms with Crippen molar-refractivity contribution in [2.24, 2.45) is 0 Å². The molecule has 0 unspecified atom stereocenters. The van der Waals surface area contributed by atoms with Crippen LogP contribution in [0, 0.1) is 0 Å². The zero-order chi connectivity index (χ0) is 22.3. The van der Waals surface area contributed by atoms with Gasteiger partial charge in [-0.3, -0.25) is 9.69 Å². The van der Waals surface area contributed by atoms with Crippen LogP contribution < -0.4 is 5.46 Å². The van der Waals surface area contributed by atoms with Gasteiger partial charge in [0, 0.05) is 36.3 Å². The summed E-state index contributed by atoms with van der Waals surface area (Å²) in [7, 11) is -0.419. The average Bonchev–Trinajstić information content (AvgIpc) is 3.17. The monoisotopic (exact) mass is 431 g/mol. The molecule has 4 saturated heterocycles. The van der Waals surface area contributed by atoms with Crippen LogP contribution >= 0.6 is 0 Å². The second-order valence-corrected chi connectivity index (χ2v) is 11.1. The highest BCUT2D eigenvalue weighted by Crippen LogP contribution is 2.39. The Morgan fingerprint density at radius 3 is 2.12 bits per heavy atom. The van der Waals surface area contributed by atoms with E-state index in [1.165, 1.54) is 49.3 Å². The van der Waals surface area contributed by atoms with E-state index in [4.69, 9.17) is 9.31 Å². The fraction of sp³-hybridized carbons (Fsp3) is 0.500. The number of fused-ring (bicyclic) bond motifs is 6. The Bertz CT molecular complexity index is 1090. The van der Waals surface area contributed by atoms with E-state index >= 15 is 0 Å². The third-order valence-corrected chi connectivity index (χ3v) is 8.62. The first kappa shape index (κ1) is 20.6. The summed E-state index contributed by atoms with van der Waals surface area (Å²) in [4.78, 5) is 15.8. The highest BCUT2D eigenvalue weighted by molar-refractivity contribution is 6.62. The van der Waals surface area contributed by atoms with E-state index in [2.05, 4.69) is 56.9 Å². The molecule has 0 aromatic heterocycles. The summed E-state index contributed by atoms with van der Waals surface area (Å²) in [5, 5.41) is 0. The molecular formula is C26H32BN2O3+. The maximum absolute atomic E-state index is 13.3. The molecule has 0 saturated carbocycles. The van der Waals surface area contributed by atoms with Gasteiger partial charge in [0.1, 0.15) is 6.54 Å². The molecule has 0 amide bonds. The van der Waals surface area contributed by atoms with Crippen LogP contribution in [0.25, 0.3) is 11.1 Å². The number of nitrogens with zero attached hydrogens (tertiary/aromatic N) is 2. The molecule has 1 aliphatic carbocycles. The van der Waals surface area contributed by atoms with Gasteiger partial charge in [-0.2, -0.15) is 0 Å². The summed E-state index contributed by atoms with van der Waals surface area (Å²) in [6.45, 7) is 16.6. The van der Waals surface area contributed by atoms with Crippen molar-refractivity contribution in [1.82, 2.24) is 4.90 Å². The van der Waals surface area contributed by atoms with E-state index in [1.807, 2.05) is 12.1 Å². The van der Waals surface area contributed by atoms with Gasteiger partial charge in [-0.05, 0) is 50.4 Å². The fourth-order valence-corrected chi connectivity index (χ4v) is 5.72. The second-order valence-electron chi connectivity index (χ2n) is 11.1. The summed E-state index contributed by atoms with van der Waals surface area (Å²) in [6.07, 6.45) is 0. The summed E-state index contributed by atoms with van der Waals surface area (Å²) in [5.41, 5.74) is 5.16. The van der Waals surface area contributed by atoms with Gasteiger partial charge in [0.05, 0.1) is 30.8 Å². The minimum atomic E-state index is -0.419. The zero-order valence-electron chi connectivity index (χ0n) is 19.6. The molecule has 2 aromatic carbocycles. The summed E-state index contributed by atoms with van der Waals surface area (Å²) >= 11 is 0. The predicted octanol–water partition coefficient (Wildman–Crippen LogP) is 2.84. The number of benzene rings is 2. The molecular weight excluding hydrogens is 399 g/mol. The zero-order valence-corrected chi connectivity index (χ0v) is 19.6. The number of piperazine rings is 3. The number of carbonyl (C=O) groups is 1. The molecule has 4 heterocycles. The molecule has 5 nitrogen and oxygen atoms in total. The number of hydrogen-bond donors (Lipinski definition) is 0. The van der Waals surface area contributed by atoms with Crippen molar-refractivity contribution >= 4 is 18.4 Å². The maximum atomic E-state index is 13.3. The van der Waals surface area contributed by atoms with Crippen LogP contribution in [0.4, 0.5) is 0 Å². The Hall–Kier alpha value is -1.99. The van der Waals surface area contributed by atoms with Gasteiger partial charge in [-0.1, -0.05) is 30.3 Å². The average molecular weight is 431 g/mol. The Balaban J connectivity index is 1.30. The van der Waals surface area contributed by atoms with Crippen LogP contribution in [0.1, 0.15) is 49.2 Å². The van der Waals surface area contributed by atoms with Crippen LogP contribution in [0.5, 0.6) is 0 Å². The Morgan fingerprint density at radius 1 is 0.844 bits per heavy atom. The van der Waals surface area contributed by atoms with Gasteiger partial charge in [0.25, 0.3) is 0 Å². The minimum Gasteiger partial charge on any atom is -0.399 e. The van der Waals surface area contributed by atoms with Crippen LogP contribution in [0.3, 0.4) is 0 Å². The van der Waals surface area contributed by atoms with E-state index in [0.717, 1.165) is 34.3 Å². The molecule has 32 heavy (non-hydrogen) atoms. The standard InChI is InChI=1S/C26H32BN2O3/c1-25(2)26(3,4)32-27(31-25)19-6-8-21-22(16-19)20-7-5-18(15-23(20)24(21)30)17-29-12-9-28(10-13-29)11-14-29/h5-8,15-16H,9-14,17H2,1-4H3/q+1. The number of rotatable bonds is 3. The third kappa shape index (κ3) is 3.04. The molecule has 6 heteroatoms. The fourth-order valence-electron chi connectivity index (χ4n) is 5.72. The molecule has 5 aliphatic rings. The van der Waals surface area contributed by atoms with E-state index in [0.29, 0.717) is 0 Å². The molecule has 2 bridgehead atoms. The lowest BCUT2D eigenvalue weighted by Crippen LogP contribution is -2.66. The molecule has 0 N–H and O–H groups in total. The lowest BCUT2D eigenvalue weighted by molar-refractivity contribution is -0.953. The largest absolute Gasteiger partial charge is 0.494 e. The Morgan fingerprint density at radius 2 is 1.47 bits per heavy atom. The lowest BCUT2D eigenvalue weighted by atomic mass is 9.77. The minimum absolute atomic E-state index is 0.140. The highest BCUT2D eigenvalue weighted by atomic mass is 16.7. The van der Waals surface area contributed by atoms with Crippen molar-refractivity contribution in [2.75, 3.05) is 39.3 Å². The number of hydrogen-bond acceptors (Lipinski definition) is 4. The van der Waals surface area contributed by atoms with Gasteiger partial charge in [-0.15, -0.1) is 0 Å². The van der Waals surface area contributed by atoms with Crippen LogP contribution in [0.2, 0.25) is 0 Å². The molecule has 0 radical (unpaired) electrons. The van der Waals surface area contributed by atoms with E-state index in [-0.39, 0.29) is 17.0 Å². The number of carbonyl (C=O) groups excluding carboxylic acids is 1. The van der Waals surface area contributed by atoms with Crippen LogP contribution in [0.15, 0.2) is 36.4 Å². The molecule has 166 valence electrons. The van der Waals surface area contributed by atoms with E-state index in [1.54, 1.807) is 0 Å². The van der Waals surface area contributed by atoms with Crippen LogP contribution in [-0.4, -0.2) is 72.8 Å². The first-order valence-corrected chi connectivity index (χ1v) is 11.9. The smallest absolute Gasteiger partial charge is 0.399 e. The van der Waals surface area contributed by atoms with Gasteiger partial charge in [-0.25, -0.2) is 0 Å². The van der Waals surface area contributed by atoms with Crippen molar-refractivity contribution in [3.05, 3.63) is 53.1 Å². The van der Waals surface area contributed by atoms with Crippen molar-refractivity contribution < 1.29 is 18.6 Å². The molecule has 0 spiro atoms. The van der Waals surface area contributed by atoms with Crippen LogP contribution in [-0.2, 0) is 15.9 Å². The van der Waals surface area contributed by atoms with Crippen molar-refractivity contribution in [1.29, 1.82) is 0 Å². The second kappa shape index (κ2) is 6.77. The third-order valence-electron chi connectivity index (χ3n) is 8.62. The normalized spacial score (nSPS) is 29.3. The van der Waals surface area contributed by atoms with Gasteiger partial charge in [0.2, 0.25) is 0 Å². The highest BCUT2D eigenvalue weighted by Gasteiger charge is 2.52. The molecule has 4 fully saturated rings. The summed E-state index contributed by atoms with van der Waals surface area (Å²) in [5.74, 6) is 0.140. The maximum Gasteiger partial charge on any atom is 0.494 e. The SMILES string of the molecule is CC1(C)OB(c2ccc3c(c2)-c2ccc(C[N+]45CCN(CC4)CC5)cc2C3=O)OC1(C)C. The Labute approximate surface area is 191 Å². The van der Waals surface area contributed by atoms with E-state index < -0.39 is 7.12 Å². The number of ketones is 1.